The van der Waals surface area contributed by atoms with Gasteiger partial charge in [0.05, 0.1) is 0 Å². The summed E-state index contributed by atoms with van der Waals surface area (Å²) < 4.78 is 5.32. The molecule has 0 atom stereocenters. The maximum atomic E-state index is 11.1. The van der Waals surface area contributed by atoms with Gasteiger partial charge >= 0.3 is 6.03 Å². The minimum Gasteiger partial charge on any atom is -0.473 e. The summed E-state index contributed by atoms with van der Waals surface area (Å²) in [5.74, 6) is 0.376. The molecule has 0 bridgehead atoms. The Morgan fingerprint density at radius 1 is 1.27 bits per heavy atom. The summed E-state index contributed by atoms with van der Waals surface area (Å²) in [5.41, 5.74) is 0. The van der Waals surface area contributed by atoms with Gasteiger partial charge in [0, 0.05) is 0 Å². The Hall–Kier alpha value is -2.04. The van der Waals surface area contributed by atoms with Gasteiger partial charge < -0.3 is 4.74 Å². The molecule has 5 heteroatoms. The van der Waals surface area contributed by atoms with E-state index in [0.29, 0.717) is 5.75 Å². The van der Waals surface area contributed by atoms with Crippen molar-refractivity contribution in [1.82, 2.24) is 10.2 Å². The molecule has 2 rings (SSSR count). The number of hydrogen-bond acceptors (Lipinski definition) is 3. The van der Waals surface area contributed by atoms with Gasteiger partial charge in [0.15, 0.2) is 6.73 Å². The first-order chi connectivity index (χ1) is 7.25. The third-order valence-corrected chi connectivity index (χ3v) is 2.00. The lowest BCUT2D eigenvalue weighted by Crippen LogP contribution is -2.31. The molecular formula is C10H10N2O3. The van der Waals surface area contributed by atoms with Gasteiger partial charge in [-0.3, -0.25) is 15.0 Å². The number of benzene rings is 1. The number of imide groups is 1. The fraction of sp³-hybridized carbons (Fsp3) is 0.200. The first kappa shape index (κ1) is 9.51. The highest BCUT2D eigenvalue weighted by Gasteiger charge is 2.26. The molecule has 0 aromatic heterocycles. The predicted molar refractivity (Wildman–Crippen MR) is 52.2 cm³/mol. The molecule has 1 aliphatic rings. The van der Waals surface area contributed by atoms with E-state index in [1.807, 2.05) is 18.2 Å². The Balaban J connectivity index is 1.89. The van der Waals surface area contributed by atoms with E-state index >= 15 is 0 Å². The lowest BCUT2D eigenvalue weighted by molar-refractivity contribution is -0.118. The first-order valence-corrected chi connectivity index (χ1v) is 4.52. The second kappa shape index (κ2) is 4.00. The van der Waals surface area contributed by atoms with Crippen LogP contribution in [0.4, 0.5) is 4.79 Å². The molecule has 1 saturated heterocycles. The largest absolute Gasteiger partial charge is 0.473 e. The predicted octanol–water partition coefficient (Wildman–Crippen LogP) is 0.575. The molecule has 5 nitrogen and oxygen atoms in total. The van der Waals surface area contributed by atoms with E-state index in [4.69, 9.17) is 4.74 Å². The zero-order chi connectivity index (χ0) is 10.7. The average molecular weight is 206 g/mol. The second-order valence-corrected chi connectivity index (χ2v) is 3.14. The number of nitrogens with zero attached hydrogens (tertiary/aromatic N) is 1. The Kier molecular flexibility index (Phi) is 2.53. The van der Waals surface area contributed by atoms with E-state index in [2.05, 4.69) is 5.32 Å². The highest BCUT2D eigenvalue weighted by molar-refractivity contribution is 6.01. The third-order valence-electron chi connectivity index (χ3n) is 2.00. The van der Waals surface area contributed by atoms with Gasteiger partial charge in [-0.2, -0.15) is 0 Å². The standard InChI is InChI=1S/C10H10N2O3/c13-9-6-12(10(14)11-9)7-15-8-4-2-1-3-5-8/h1-5H,6-7H2,(H,11,13,14). The van der Waals surface area contributed by atoms with Crippen molar-refractivity contribution < 1.29 is 14.3 Å². The van der Waals surface area contributed by atoms with Gasteiger partial charge in [0.1, 0.15) is 12.3 Å². The van der Waals surface area contributed by atoms with Crippen LogP contribution >= 0.6 is 0 Å². The van der Waals surface area contributed by atoms with Crippen molar-refractivity contribution in [1.29, 1.82) is 0 Å². The fourth-order valence-corrected chi connectivity index (χ4v) is 1.26. The molecule has 1 aromatic carbocycles. The minimum absolute atomic E-state index is 0.0612. The molecule has 0 aliphatic carbocycles. The van der Waals surface area contributed by atoms with Crippen LogP contribution in [-0.2, 0) is 4.79 Å². The number of rotatable bonds is 3. The maximum Gasteiger partial charge on any atom is 0.327 e. The van der Waals surface area contributed by atoms with E-state index in [9.17, 15) is 9.59 Å². The highest BCUT2D eigenvalue weighted by atomic mass is 16.5. The summed E-state index contributed by atoms with van der Waals surface area (Å²) in [4.78, 5) is 23.3. The monoisotopic (exact) mass is 206 g/mol. The van der Waals surface area contributed by atoms with Crippen molar-refractivity contribution in [2.75, 3.05) is 13.3 Å². The number of amides is 3. The topological polar surface area (TPSA) is 58.6 Å². The first-order valence-electron chi connectivity index (χ1n) is 4.52. The Morgan fingerprint density at radius 2 is 2.00 bits per heavy atom. The van der Waals surface area contributed by atoms with Gasteiger partial charge in [-0.25, -0.2) is 4.79 Å². The molecule has 1 fully saturated rings. The summed E-state index contributed by atoms with van der Waals surface area (Å²) in [5, 5.41) is 2.17. The van der Waals surface area contributed by atoms with E-state index in [0.717, 1.165) is 0 Å². The van der Waals surface area contributed by atoms with Crippen LogP contribution in [0.25, 0.3) is 0 Å². The van der Waals surface area contributed by atoms with Crippen LogP contribution in [0.15, 0.2) is 30.3 Å². The number of ether oxygens (including phenoxy) is 1. The SMILES string of the molecule is O=C1CN(COc2ccccc2)C(=O)N1. The van der Waals surface area contributed by atoms with Crippen LogP contribution in [0.2, 0.25) is 0 Å². The highest BCUT2D eigenvalue weighted by Crippen LogP contribution is 2.09. The van der Waals surface area contributed by atoms with Crippen molar-refractivity contribution >= 4 is 11.9 Å². The zero-order valence-corrected chi connectivity index (χ0v) is 7.97. The molecule has 15 heavy (non-hydrogen) atoms. The summed E-state index contributed by atoms with van der Waals surface area (Å²) in [6.45, 7) is 0.146. The average Bonchev–Trinajstić information content (AvgIpc) is 2.56. The van der Waals surface area contributed by atoms with Crippen LogP contribution in [0.5, 0.6) is 5.75 Å². The van der Waals surface area contributed by atoms with Crippen molar-refractivity contribution in [3.05, 3.63) is 30.3 Å². The summed E-state index contributed by atoms with van der Waals surface area (Å²) in [6, 6.07) is 8.72. The van der Waals surface area contributed by atoms with Crippen molar-refractivity contribution in [3.63, 3.8) is 0 Å². The molecule has 78 valence electrons. The van der Waals surface area contributed by atoms with Crippen LogP contribution in [0.1, 0.15) is 0 Å². The molecule has 1 N–H and O–H groups in total. The van der Waals surface area contributed by atoms with E-state index in [1.165, 1.54) is 4.90 Å². The number of hydrogen-bond donors (Lipinski definition) is 1. The smallest absolute Gasteiger partial charge is 0.327 e. The van der Waals surface area contributed by atoms with Gasteiger partial charge in [-0.15, -0.1) is 0 Å². The number of nitrogens with one attached hydrogen (secondary N) is 1. The fourth-order valence-electron chi connectivity index (χ4n) is 1.26. The number of carbonyl (C=O) groups excluding carboxylic acids is 2. The molecule has 0 radical (unpaired) electrons. The maximum absolute atomic E-state index is 11.1. The normalized spacial score (nSPS) is 15.3. The summed E-state index contributed by atoms with van der Waals surface area (Å²) in [7, 11) is 0. The Bertz CT molecular complexity index is 378. The quantitative estimate of drug-likeness (QED) is 0.736. The van der Waals surface area contributed by atoms with E-state index < -0.39 is 6.03 Å². The molecule has 0 saturated carbocycles. The summed E-state index contributed by atoms with van der Waals surface area (Å²) >= 11 is 0. The van der Waals surface area contributed by atoms with Crippen LogP contribution < -0.4 is 10.1 Å². The Labute approximate surface area is 86.6 Å². The van der Waals surface area contributed by atoms with Gasteiger partial charge in [0.2, 0.25) is 5.91 Å². The van der Waals surface area contributed by atoms with Crippen molar-refractivity contribution in [2.45, 2.75) is 0 Å². The minimum atomic E-state index is -0.407. The number of urea groups is 1. The molecule has 1 heterocycles. The number of carbonyl (C=O) groups is 2. The van der Waals surface area contributed by atoms with Crippen LogP contribution in [-0.4, -0.2) is 30.1 Å². The lowest BCUT2D eigenvalue weighted by Gasteiger charge is -2.13. The zero-order valence-electron chi connectivity index (χ0n) is 7.97. The van der Waals surface area contributed by atoms with Gasteiger partial charge in [-0.05, 0) is 12.1 Å². The molecule has 0 unspecified atom stereocenters. The number of para-hydroxylation sites is 1. The van der Waals surface area contributed by atoms with Crippen molar-refractivity contribution in [2.24, 2.45) is 0 Å². The van der Waals surface area contributed by atoms with Gasteiger partial charge in [0.25, 0.3) is 0 Å². The third kappa shape index (κ3) is 2.25. The lowest BCUT2D eigenvalue weighted by atomic mass is 10.3. The molecule has 3 amide bonds. The molecule has 1 aromatic rings. The molecular weight excluding hydrogens is 196 g/mol. The molecule has 1 aliphatic heterocycles. The summed E-state index contributed by atoms with van der Waals surface area (Å²) in [6.07, 6.45) is 0. The van der Waals surface area contributed by atoms with Crippen LogP contribution in [0, 0.1) is 0 Å². The molecule has 0 spiro atoms. The van der Waals surface area contributed by atoms with E-state index in [-0.39, 0.29) is 19.2 Å². The Morgan fingerprint density at radius 3 is 2.60 bits per heavy atom. The van der Waals surface area contributed by atoms with Crippen molar-refractivity contribution in [3.8, 4) is 5.75 Å². The van der Waals surface area contributed by atoms with Crippen LogP contribution in [0.3, 0.4) is 0 Å². The van der Waals surface area contributed by atoms with E-state index in [1.54, 1.807) is 12.1 Å². The van der Waals surface area contributed by atoms with Gasteiger partial charge in [-0.1, -0.05) is 18.2 Å². The second-order valence-electron chi connectivity index (χ2n) is 3.14.